The molecular formula is C14H24N2O3. The van der Waals surface area contributed by atoms with Gasteiger partial charge in [0.2, 0.25) is 5.91 Å². The Labute approximate surface area is 114 Å². The first-order chi connectivity index (χ1) is 9.09. The highest BCUT2D eigenvalue weighted by atomic mass is 16.4. The summed E-state index contributed by atoms with van der Waals surface area (Å²) in [6.07, 6.45) is 7.82. The fourth-order valence-corrected chi connectivity index (χ4v) is 3.43. The molecule has 0 radical (unpaired) electrons. The van der Waals surface area contributed by atoms with Gasteiger partial charge in [0, 0.05) is 12.1 Å². The largest absolute Gasteiger partial charge is 0.480 e. The van der Waals surface area contributed by atoms with Crippen LogP contribution in [0.2, 0.25) is 0 Å². The summed E-state index contributed by atoms with van der Waals surface area (Å²) in [4.78, 5) is 25.2. The highest BCUT2D eigenvalue weighted by Gasteiger charge is 2.36. The van der Waals surface area contributed by atoms with Gasteiger partial charge in [-0.15, -0.1) is 0 Å². The van der Waals surface area contributed by atoms with Crippen molar-refractivity contribution in [1.82, 2.24) is 4.90 Å². The zero-order valence-corrected chi connectivity index (χ0v) is 11.4. The summed E-state index contributed by atoms with van der Waals surface area (Å²) in [5.41, 5.74) is 6.05. The van der Waals surface area contributed by atoms with E-state index in [0.717, 1.165) is 51.4 Å². The maximum absolute atomic E-state index is 12.6. The smallest absolute Gasteiger partial charge is 0.323 e. The highest BCUT2D eigenvalue weighted by molar-refractivity contribution is 5.84. The number of carboxylic acids is 1. The molecule has 2 rings (SSSR count). The van der Waals surface area contributed by atoms with E-state index >= 15 is 0 Å². The standard InChI is InChI=1S/C14H24N2O3/c15-12-8-4-3-7-11(12)14(19)16(9-13(17)18)10-5-1-2-6-10/h10-12H,1-9,15H2,(H,17,18). The predicted molar refractivity (Wildman–Crippen MR) is 71.5 cm³/mol. The molecule has 0 aromatic rings. The maximum atomic E-state index is 12.6. The minimum Gasteiger partial charge on any atom is -0.480 e. The van der Waals surface area contributed by atoms with Crippen LogP contribution in [0.1, 0.15) is 51.4 Å². The molecule has 2 aliphatic carbocycles. The molecule has 2 saturated carbocycles. The number of carbonyl (C=O) groups excluding carboxylic acids is 1. The molecule has 2 unspecified atom stereocenters. The van der Waals surface area contributed by atoms with Gasteiger partial charge in [-0.1, -0.05) is 25.7 Å². The molecule has 19 heavy (non-hydrogen) atoms. The molecule has 0 spiro atoms. The molecular weight excluding hydrogens is 244 g/mol. The molecule has 2 aliphatic rings. The van der Waals surface area contributed by atoms with Gasteiger partial charge in [-0.05, 0) is 25.7 Å². The van der Waals surface area contributed by atoms with Crippen molar-refractivity contribution in [2.75, 3.05) is 6.54 Å². The van der Waals surface area contributed by atoms with E-state index in [9.17, 15) is 9.59 Å². The lowest BCUT2D eigenvalue weighted by Gasteiger charge is -2.35. The van der Waals surface area contributed by atoms with E-state index in [1.165, 1.54) is 0 Å². The Hall–Kier alpha value is -1.10. The van der Waals surface area contributed by atoms with Crippen LogP contribution in [0.3, 0.4) is 0 Å². The molecule has 0 aliphatic heterocycles. The summed E-state index contributed by atoms with van der Waals surface area (Å²) in [5, 5.41) is 9.03. The van der Waals surface area contributed by atoms with Gasteiger partial charge in [-0.3, -0.25) is 9.59 Å². The van der Waals surface area contributed by atoms with Crippen molar-refractivity contribution in [3.05, 3.63) is 0 Å². The number of hydrogen-bond donors (Lipinski definition) is 2. The minimum absolute atomic E-state index is 0.0264. The van der Waals surface area contributed by atoms with Crippen LogP contribution in [0.15, 0.2) is 0 Å². The van der Waals surface area contributed by atoms with Gasteiger partial charge in [0.15, 0.2) is 0 Å². The van der Waals surface area contributed by atoms with E-state index in [0.29, 0.717) is 0 Å². The average molecular weight is 268 g/mol. The summed E-state index contributed by atoms with van der Waals surface area (Å²) in [6, 6.07) is 0.0108. The fourth-order valence-electron chi connectivity index (χ4n) is 3.43. The number of aliphatic carboxylic acids is 1. The third kappa shape index (κ3) is 3.47. The molecule has 3 N–H and O–H groups in total. The van der Waals surface area contributed by atoms with E-state index in [-0.39, 0.29) is 30.5 Å². The van der Waals surface area contributed by atoms with Crippen LogP contribution in [0.25, 0.3) is 0 Å². The van der Waals surface area contributed by atoms with Crippen LogP contribution in [-0.2, 0) is 9.59 Å². The maximum Gasteiger partial charge on any atom is 0.323 e. The van der Waals surface area contributed by atoms with Crippen molar-refractivity contribution in [3.8, 4) is 0 Å². The van der Waals surface area contributed by atoms with Gasteiger partial charge in [0.1, 0.15) is 6.54 Å². The third-order valence-corrected chi connectivity index (χ3v) is 4.49. The first-order valence-corrected chi connectivity index (χ1v) is 7.37. The van der Waals surface area contributed by atoms with Crippen molar-refractivity contribution >= 4 is 11.9 Å². The average Bonchev–Trinajstić information content (AvgIpc) is 2.89. The van der Waals surface area contributed by atoms with Crippen LogP contribution >= 0.6 is 0 Å². The molecule has 5 heteroatoms. The Kier molecular flexibility index (Phi) is 4.80. The van der Waals surface area contributed by atoms with Crippen molar-refractivity contribution in [3.63, 3.8) is 0 Å². The summed E-state index contributed by atoms with van der Waals surface area (Å²) in [6.45, 7) is -0.174. The molecule has 1 amide bonds. The molecule has 5 nitrogen and oxygen atoms in total. The SMILES string of the molecule is NC1CCCCC1C(=O)N(CC(=O)O)C1CCCC1. The molecule has 0 aromatic heterocycles. The normalized spacial score (nSPS) is 28.3. The number of nitrogens with zero attached hydrogens (tertiary/aromatic N) is 1. The third-order valence-electron chi connectivity index (χ3n) is 4.49. The monoisotopic (exact) mass is 268 g/mol. The van der Waals surface area contributed by atoms with Crippen molar-refractivity contribution in [2.24, 2.45) is 11.7 Å². The summed E-state index contributed by atoms with van der Waals surface area (Å²) in [7, 11) is 0. The number of carboxylic acid groups (broad SMARTS) is 1. The summed E-state index contributed by atoms with van der Waals surface area (Å²) >= 11 is 0. The predicted octanol–water partition coefficient (Wildman–Crippen LogP) is 1.36. The van der Waals surface area contributed by atoms with Crippen LogP contribution in [0, 0.1) is 5.92 Å². The van der Waals surface area contributed by atoms with Gasteiger partial charge in [-0.25, -0.2) is 0 Å². The number of carbonyl (C=O) groups is 2. The van der Waals surface area contributed by atoms with E-state index in [1.807, 2.05) is 0 Å². The molecule has 0 aromatic carbocycles. The Bertz CT molecular complexity index is 340. The van der Waals surface area contributed by atoms with Gasteiger partial charge >= 0.3 is 5.97 Å². The first-order valence-electron chi connectivity index (χ1n) is 7.37. The summed E-state index contributed by atoms with van der Waals surface area (Å²) in [5.74, 6) is -1.13. The van der Waals surface area contributed by atoms with Crippen LogP contribution in [-0.4, -0.2) is 40.5 Å². The van der Waals surface area contributed by atoms with Crippen molar-refractivity contribution in [1.29, 1.82) is 0 Å². The van der Waals surface area contributed by atoms with Crippen molar-refractivity contribution in [2.45, 2.75) is 63.5 Å². The van der Waals surface area contributed by atoms with E-state index < -0.39 is 5.97 Å². The topological polar surface area (TPSA) is 83.6 Å². The Balaban J connectivity index is 2.07. The molecule has 108 valence electrons. The minimum atomic E-state index is -0.926. The quantitative estimate of drug-likeness (QED) is 0.806. The Morgan fingerprint density at radius 3 is 2.21 bits per heavy atom. The van der Waals surface area contributed by atoms with Gasteiger partial charge < -0.3 is 15.7 Å². The molecule has 2 fully saturated rings. The van der Waals surface area contributed by atoms with Crippen LogP contribution in [0.5, 0.6) is 0 Å². The Morgan fingerprint density at radius 1 is 1.05 bits per heavy atom. The van der Waals surface area contributed by atoms with E-state index in [2.05, 4.69) is 0 Å². The second-order valence-electron chi connectivity index (χ2n) is 5.85. The molecule has 0 heterocycles. The zero-order chi connectivity index (χ0) is 13.8. The highest BCUT2D eigenvalue weighted by Crippen LogP contribution is 2.29. The van der Waals surface area contributed by atoms with Crippen molar-refractivity contribution < 1.29 is 14.7 Å². The summed E-state index contributed by atoms with van der Waals surface area (Å²) < 4.78 is 0. The number of hydrogen-bond acceptors (Lipinski definition) is 3. The molecule has 2 atom stereocenters. The van der Waals surface area contributed by atoms with E-state index in [4.69, 9.17) is 10.8 Å². The van der Waals surface area contributed by atoms with Gasteiger partial charge in [0.05, 0.1) is 5.92 Å². The number of amides is 1. The number of rotatable bonds is 4. The van der Waals surface area contributed by atoms with Gasteiger partial charge in [-0.2, -0.15) is 0 Å². The van der Waals surface area contributed by atoms with Crippen LogP contribution < -0.4 is 5.73 Å². The zero-order valence-electron chi connectivity index (χ0n) is 11.4. The second kappa shape index (κ2) is 6.37. The van der Waals surface area contributed by atoms with Crippen LogP contribution in [0.4, 0.5) is 0 Å². The lowest BCUT2D eigenvalue weighted by atomic mass is 9.84. The van der Waals surface area contributed by atoms with E-state index in [1.54, 1.807) is 4.90 Å². The number of nitrogens with two attached hydrogens (primary N) is 1. The Morgan fingerprint density at radius 2 is 1.63 bits per heavy atom. The lowest BCUT2D eigenvalue weighted by Crippen LogP contribution is -2.50. The second-order valence-corrected chi connectivity index (χ2v) is 5.85. The lowest BCUT2D eigenvalue weighted by molar-refractivity contribution is -0.149. The van der Waals surface area contributed by atoms with Gasteiger partial charge in [0.25, 0.3) is 0 Å². The molecule has 0 bridgehead atoms. The first kappa shape index (κ1) is 14.3. The fraction of sp³-hybridized carbons (Fsp3) is 0.857. The molecule has 0 saturated heterocycles.